The number of fused-ring (bicyclic) bond motifs is 1. The molecule has 12 heteroatoms. The maximum absolute atomic E-state index is 13.2. The molecule has 4 amide bonds. The summed E-state index contributed by atoms with van der Waals surface area (Å²) in [5.74, 6) is 0.245. The summed E-state index contributed by atoms with van der Waals surface area (Å²) in [4.78, 5) is 39.5. The lowest BCUT2D eigenvalue weighted by molar-refractivity contribution is -0.135. The summed E-state index contributed by atoms with van der Waals surface area (Å²) < 4.78 is 12.1. The highest BCUT2D eigenvalue weighted by Gasteiger charge is 2.49. The summed E-state index contributed by atoms with van der Waals surface area (Å²) >= 11 is 0. The standard InChI is InChI=1S/C22H21N7O5/c1-13(14-6-7-17-18(8-14)34-12-33-17)24-19(30)10-28-20(31)22(2,25-21(28)32)15-4-3-5-16(9-15)29-11-23-26-27-29/h3-9,11,13H,10,12H2,1-2H3,(H,24,30)(H,25,32)/t13-,22+/m0/s1. The van der Waals surface area contributed by atoms with Crippen LogP contribution in [0.5, 0.6) is 11.5 Å². The van der Waals surface area contributed by atoms with Crippen LogP contribution in [0.15, 0.2) is 48.8 Å². The Labute approximate surface area is 193 Å². The SMILES string of the molecule is C[C@H](NC(=O)CN1C(=O)N[C@](C)(c2cccc(-n3cnnn3)c2)C1=O)c1ccc2c(c1)OCO2. The fourth-order valence-corrected chi connectivity index (χ4v) is 3.97. The second-order valence-electron chi connectivity index (χ2n) is 8.15. The van der Waals surface area contributed by atoms with Gasteiger partial charge in [0.2, 0.25) is 12.7 Å². The van der Waals surface area contributed by atoms with E-state index in [1.165, 1.54) is 11.0 Å². The monoisotopic (exact) mass is 463 g/mol. The Bertz CT molecular complexity index is 1280. The van der Waals surface area contributed by atoms with Gasteiger partial charge >= 0.3 is 6.03 Å². The third-order valence-electron chi connectivity index (χ3n) is 5.89. The number of carbonyl (C=O) groups excluding carboxylic acids is 3. The molecule has 5 rings (SSSR count). The van der Waals surface area contributed by atoms with E-state index in [1.54, 1.807) is 50.2 Å². The first-order valence-corrected chi connectivity index (χ1v) is 10.5. The van der Waals surface area contributed by atoms with Gasteiger partial charge < -0.3 is 20.1 Å². The van der Waals surface area contributed by atoms with Crippen molar-refractivity contribution in [3.05, 3.63) is 59.9 Å². The molecule has 2 atom stereocenters. The first-order chi connectivity index (χ1) is 16.3. The molecule has 174 valence electrons. The number of nitrogens with zero attached hydrogens (tertiary/aromatic N) is 5. The lowest BCUT2D eigenvalue weighted by Gasteiger charge is -2.23. The number of hydrogen-bond donors (Lipinski definition) is 2. The van der Waals surface area contributed by atoms with E-state index in [4.69, 9.17) is 9.47 Å². The summed E-state index contributed by atoms with van der Waals surface area (Å²) in [5, 5.41) is 16.6. The number of amides is 4. The maximum atomic E-state index is 13.2. The Balaban J connectivity index is 1.29. The zero-order valence-electron chi connectivity index (χ0n) is 18.4. The van der Waals surface area contributed by atoms with Gasteiger partial charge in [-0.25, -0.2) is 9.48 Å². The Hall–Kier alpha value is -4.48. The van der Waals surface area contributed by atoms with Crippen LogP contribution in [0.25, 0.3) is 5.69 Å². The maximum Gasteiger partial charge on any atom is 0.325 e. The Morgan fingerprint density at radius 2 is 2.03 bits per heavy atom. The van der Waals surface area contributed by atoms with Crippen LogP contribution in [0.4, 0.5) is 4.79 Å². The summed E-state index contributed by atoms with van der Waals surface area (Å²) in [6.45, 7) is 3.14. The van der Waals surface area contributed by atoms with E-state index in [1.807, 2.05) is 6.07 Å². The van der Waals surface area contributed by atoms with Crippen molar-refractivity contribution in [2.24, 2.45) is 0 Å². The van der Waals surface area contributed by atoms with Crippen LogP contribution in [0.2, 0.25) is 0 Å². The molecule has 2 aliphatic rings. The number of tetrazole rings is 1. The first kappa shape index (κ1) is 21.4. The van der Waals surface area contributed by atoms with Gasteiger partial charge in [-0.3, -0.25) is 14.5 Å². The summed E-state index contributed by atoms with van der Waals surface area (Å²) in [7, 11) is 0. The second-order valence-corrected chi connectivity index (χ2v) is 8.15. The second kappa shape index (κ2) is 8.14. The van der Waals surface area contributed by atoms with Crippen molar-refractivity contribution in [1.29, 1.82) is 0 Å². The molecule has 3 aromatic rings. The third-order valence-corrected chi connectivity index (χ3v) is 5.89. The van der Waals surface area contributed by atoms with Crippen molar-refractivity contribution in [1.82, 2.24) is 35.7 Å². The van der Waals surface area contributed by atoms with Gasteiger partial charge in [-0.05, 0) is 59.7 Å². The molecule has 0 spiro atoms. The largest absolute Gasteiger partial charge is 0.454 e. The molecule has 0 saturated carbocycles. The van der Waals surface area contributed by atoms with Gasteiger partial charge in [0, 0.05) is 0 Å². The fourth-order valence-electron chi connectivity index (χ4n) is 3.97. The zero-order valence-corrected chi connectivity index (χ0v) is 18.4. The Morgan fingerprint density at radius 1 is 1.21 bits per heavy atom. The van der Waals surface area contributed by atoms with Crippen LogP contribution >= 0.6 is 0 Å². The number of nitrogens with one attached hydrogen (secondary N) is 2. The molecule has 0 unspecified atom stereocenters. The van der Waals surface area contributed by atoms with Crippen molar-refractivity contribution < 1.29 is 23.9 Å². The van der Waals surface area contributed by atoms with E-state index in [9.17, 15) is 14.4 Å². The van der Waals surface area contributed by atoms with Gasteiger partial charge in [-0.1, -0.05) is 18.2 Å². The normalized spacial score (nSPS) is 19.8. The molecule has 3 heterocycles. The topological polar surface area (TPSA) is 141 Å². The molecule has 2 N–H and O–H groups in total. The lowest BCUT2D eigenvalue weighted by atomic mass is 9.91. The van der Waals surface area contributed by atoms with Crippen molar-refractivity contribution in [2.45, 2.75) is 25.4 Å². The van der Waals surface area contributed by atoms with Crippen molar-refractivity contribution in [3.8, 4) is 17.2 Å². The average Bonchev–Trinajstić information content (AvgIpc) is 3.57. The number of aromatic nitrogens is 4. The third kappa shape index (κ3) is 3.68. The minimum atomic E-state index is -1.34. The van der Waals surface area contributed by atoms with E-state index in [2.05, 4.69) is 26.2 Å². The number of ether oxygens (including phenoxy) is 2. The van der Waals surface area contributed by atoms with Crippen LogP contribution in [-0.4, -0.2) is 56.3 Å². The molecule has 0 radical (unpaired) electrons. The molecule has 1 fully saturated rings. The first-order valence-electron chi connectivity index (χ1n) is 10.5. The molecule has 34 heavy (non-hydrogen) atoms. The van der Waals surface area contributed by atoms with Gasteiger partial charge in [0.05, 0.1) is 11.7 Å². The predicted octanol–water partition coefficient (Wildman–Crippen LogP) is 1.04. The van der Waals surface area contributed by atoms with Gasteiger partial charge in [0.1, 0.15) is 18.4 Å². The predicted molar refractivity (Wildman–Crippen MR) is 116 cm³/mol. The highest BCUT2D eigenvalue weighted by atomic mass is 16.7. The summed E-state index contributed by atoms with van der Waals surface area (Å²) in [5.41, 5.74) is 0.624. The Kier molecular flexibility index (Phi) is 5.11. The zero-order chi connectivity index (χ0) is 23.9. The van der Waals surface area contributed by atoms with Crippen LogP contribution in [0, 0.1) is 0 Å². The molecule has 12 nitrogen and oxygen atoms in total. The quantitative estimate of drug-likeness (QED) is 0.517. The number of hydrogen-bond acceptors (Lipinski definition) is 8. The minimum Gasteiger partial charge on any atom is -0.454 e. The fraction of sp³-hybridized carbons (Fsp3) is 0.273. The van der Waals surface area contributed by atoms with E-state index < -0.39 is 29.9 Å². The summed E-state index contributed by atoms with van der Waals surface area (Å²) in [6, 6.07) is 11.3. The number of carbonyl (C=O) groups is 3. The highest BCUT2D eigenvalue weighted by molar-refractivity contribution is 6.09. The van der Waals surface area contributed by atoms with Crippen LogP contribution in [0.3, 0.4) is 0 Å². The number of rotatable bonds is 6. The van der Waals surface area contributed by atoms with Gasteiger partial charge in [0.15, 0.2) is 11.5 Å². The molecule has 2 aliphatic heterocycles. The summed E-state index contributed by atoms with van der Waals surface area (Å²) in [6.07, 6.45) is 1.43. The minimum absolute atomic E-state index is 0.156. The van der Waals surface area contributed by atoms with Crippen LogP contribution in [-0.2, 0) is 15.1 Å². The molecular weight excluding hydrogens is 442 g/mol. The molecule has 1 saturated heterocycles. The number of benzene rings is 2. The molecule has 0 aliphatic carbocycles. The van der Waals surface area contributed by atoms with E-state index in [0.29, 0.717) is 22.7 Å². The van der Waals surface area contributed by atoms with Gasteiger partial charge in [-0.15, -0.1) is 5.10 Å². The van der Waals surface area contributed by atoms with Crippen molar-refractivity contribution >= 4 is 17.8 Å². The van der Waals surface area contributed by atoms with Crippen molar-refractivity contribution in [3.63, 3.8) is 0 Å². The average molecular weight is 463 g/mol. The molecule has 0 bridgehead atoms. The van der Waals surface area contributed by atoms with Gasteiger partial charge in [-0.2, -0.15) is 0 Å². The molecular formula is C22H21N7O5. The molecule has 1 aromatic heterocycles. The lowest BCUT2D eigenvalue weighted by Crippen LogP contribution is -2.43. The number of imide groups is 1. The van der Waals surface area contributed by atoms with E-state index in [-0.39, 0.29) is 12.8 Å². The molecule has 2 aromatic carbocycles. The van der Waals surface area contributed by atoms with E-state index >= 15 is 0 Å². The highest BCUT2D eigenvalue weighted by Crippen LogP contribution is 2.34. The number of urea groups is 1. The van der Waals surface area contributed by atoms with E-state index in [0.717, 1.165) is 10.5 Å². The Morgan fingerprint density at radius 3 is 2.82 bits per heavy atom. The van der Waals surface area contributed by atoms with Crippen LogP contribution in [0.1, 0.15) is 31.0 Å². The van der Waals surface area contributed by atoms with Gasteiger partial charge in [0.25, 0.3) is 5.91 Å². The van der Waals surface area contributed by atoms with Crippen LogP contribution < -0.4 is 20.1 Å². The van der Waals surface area contributed by atoms with Crippen molar-refractivity contribution in [2.75, 3.05) is 13.3 Å². The smallest absolute Gasteiger partial charge is 0.325 e.